The molecule has 0 aromatic carbocycles. The van der Waals surface area contributed by atoms with Gasteiger partial charge in [-0.25, -0.2) is 0 Å². The van der Waals surface area contributed by atoms with E-state index < -0.39 is 6.04 Å². The molecule has 82 valence electrons. The van der Waals surface area contributed by atoms with Gasteiger partial charge in [0.25, 0.3) is 0 Å². The second-order valence-corrected chi connectivity index (χ2v) is 4.50. The number of β-amino-alcohol motifs (C(OH)–C–C–N with tert-alkyl or cyclic N) is 1. The lowest BCUT2D eigenvalue weighted by Gasteiger charge is -2.26. The maximum absolute atomic E-state index is 11.8. The van der Waals surface area contributed by atoms with Gasteiger partial charge >= 0.3 is 0 Å². The first-order valence-corrected chi connectivity index (χ1v) is 5.17. The summed E-state index contributed by atoms with van der Waals surface area (Å²) < 4.78 is 0. The predicted molar refractivity (Wildman–Crippen MR) is 54.6 cm³/mol. The van der Waals surface area contributed by atoms with E-state index in [2.05, 4.69) is 0 Å². The van der Waals surface area contributed by atoms with Crippen LogP contribution in [0.5, 0.6) is 0 Å². The molecule has 0 saturated carbocycles. The molecule has 1 heterocycles. The van der Waals surface area contributed by atoms with E-state index in [0.29, 0.717) is 13.0 Å². The molecule has 0 spiro atoms. The Balaban J connectivity index is 2.61. The molecule has 4 heteroatoms. The summed E-state index contributed by atoms with van der Waals surface area (Å²) in [5, 5.41) is 9.40. The molecule has 0 radical (unpaired) electrons. The van der Waals surface area contributed by atoms with Crippen LogP contribution >= 0.6 is 0 Å². The molecular weight excluding hydrogens is 180 g/mol. The van der Waals surface area contributed by atoms with Crippen molar-refractivity contribution in [3.05, 3.63) is 0 Å². The number of rotatable bonds is 2. The lowest BCUT2D eigenvalue weighted by Crippen LogP contribution is -2.48. The number of amides is 1. The van der Waals surface area contributed by atoms with E-state index in [9.17, 15) is 9.90 Å². The zero-order chi connectivity index (χ0) is 10.9. The standard InChI is InChI=1S/C10H20N2O2/c1-6(2)9(11)10(14)12-5-8(13)4-7(12)3/h6-9,13H,4-5,11H2,1-3H3/t7?,8?,9-/m1/s1. The van der Waals surface area contributed by atoms with Crippen molar-refractivity contribution >= 4 is 5.91 Å². The maximum Gasteiger partial charge on any atom is 0.240 e. The fraction of sp³-hybridized carbons (Fsp3) is 0.900. The van der Waals surface area contributed by atoms with Crippen LogP contribution in [0.4, 0.5) is 0 Å². The van der Waals surface area contributed by atoms with E-state index in [4.69, 9.17) is 5.73 Å². The molecule has 1 aliphatic rings. The molecule has 1 amide bonds. The van der Waals surface area contributed by atoms with E-state index in [-0.39, 0.29) is 24.0 Å². The average Bonchev–Trinajstić information content (AvgIpc) is 2.42. The van der Waals surface area contributed by atoms with Gasteiger partial charge in [-0.3, -0.25) is 4.79 Å². The van der Waals surface area contributed by atoms with Gasteiger partial charge in [0.1, 0.15) is 0 Å². The number of hydrogen-bond acceptors (Lipinski definition) is 3. The Morgan fingerprint density at radius 3 is 2.50 bits per heavy atom. The Labute approximate surface area is 85.1 Å². The summed E-state index contributed by atoms with van der Waals surface area (Å²) in [4.78, 5) is 13.5. The molecule has 1 rings (SSSR count). The number of aliphatic hydroxyl groups is 1. The zero-order valence-electron chi connectivity index (χ0n) is 9.10. The van der Waals surface area contributed by atoms with E-state index in [1.165, 1.54) is 0 Å². The first-order valence-electron chi connectivity index (χ1n) is 5.17. The van der Waals surface area contributed by atoms with Gasteiger partial charge in [-0.2, -0.15) is 0 Å². The van der Waals surface area contributed by atoms with Crippen LogP contribution < -0.4 is 5.73 Å². The Morgan fingerprint density at radius 1 is 1.57 bits per heavy atom. The first kappa shape index (κ1) is 11.5. The molecule has 1 fully saturated rings. The van der Waals surface area contributed by atoms with Gasteiger partial charge in [0.15, 0.2) is 0 Å². The van der Waals surface area contributed by atoms with Crippen LogP contribution in [0.3, 0.4) is 0 Å². The average molecular weight is 200 g/mol. The van der Waals surface area contributed by atoms with E-state index in [0.717, 1.165) is 0 Å². The highest BCUT2D eigenvalue weighted by molar-refractivity contribution is 5.82. The largest absolute Gasteiger partial charge is 0.391 e. The van der Waals surface area contributed by atoms with E-state index >= 15 is 0 Å². The SMILES string of the molecule is CC(C)[C@@H](N)C(=O)N1CC(O)CC1C. The molecule has 1 saturated heterocycles. The fourth-order valence-electron chi connectivity index (χ4n) is 1.79. The molecular formula is C10H20N2O2. The van der Waals surface area contributed by atoms with Crippen LogP contribution in [0, 0.1) is 5.92 Å². The topological polar surface area (TPSA) is 66.6 Å². The summed E-state index contributed by atoms with van der Waals surface area (Å²) in [6.45, 7) is 6.24. The molecule has 1 aliphatic heterocycles. The number of hydrogen-bond donors (Lipinski definition) is 2. The van der Waals surface area contributed by atoms with Crippen LogP contribution in [0.25, 0.3) is 0 Å². The van der Waals surface area contributed by atoms with Crippen molar-refractivity contribution in [2.24, 2.45) is 11.7 Å². The summed E-state index contributed by atoms with van der Waals surface area (Å²) in [7, 11) is 0. The Bertz CT molecular complexity index is 218. The van der Waals surface area contributed by atoms with Crippen LogP contribution in [-0.4, -0.2) is 40.6 Å². The quantitative estimate of drug-likeness (QED) is 0.657. The Hall–Kier alpha value is -0.610. The van der Waals surface area contributed by atoms with E-state index in [1.54, 1.807) is 4.90 Å². The summed E-state index contributed by atoms with van der Waals surface area (Å²) in [6.07, 6.45) is 0.282. The Morgan fingerprint density at radius 2 is 2.14 bits per heavy atom. The third kappa shape index (κ3) is 2.25. The van der Waals surface area contributed by atoms with E-state index in [1.807, 2.05) is 20.8 Å². The van der Waals surface area contributed by atoms with Gasteiger partial charge in [-0.1, -0.05) is 13.8 Å². The fourth-order valence-corrected chi connectivity index (χ4v) is 1.79. The number of likely N-dealkylation sites (tertiary alicyclic amines) is 1. The highest BCUT2D eigenvalue weighted by Crippen LogP contribution is 2.19. The predicted octanol–water partition coefficient (Wildman–Crippen LogP) is -0.0486. The molecule has 0 aliphatic carbocycles. The van der Waals surface area contributed by atoms with Crippen LogP contribution in [-0.2, 0) is 4.79 Å². The van der Waals surface area contributed by atoms with Crippen molar-refractivity contribution < 1.29 is 9.90 Å². The van der Waals surface area contributed by atoms with Gasteiger partial charge < -0.3 is 15.7 Å². The summed E-state index contributed by atoms with van der Waals surface area (Å²) in [5.41, 5.74) is 5.77. The van der Waals surface area contributed by atoms with Crippen molar-refractivity contribution in [2.75, 3.05) is 6.54 Å². The third-order valence-corrected chi connectivity index (χ3v) is 2.84. The highest BCUT2D eigenvalue weighted by atomic mass is 16.3. The number of nitrogens with zero attached hydrogens (tertiary/aromatic N) is 1. The highest BCUT2D eigenvalue weighted by Gasteiger charge is 2.34. The van der Waals surface area contributed by atoms with Gasteiger partial charge in [-0.15, -0.1) is 0 Å². The van der Waals surface area contributed by atoms with Crippen molar-refractivity contribution in [3.63, 3.8) is 0 Å². The van der Waals surface area contributed by atoms with Crippen LogP contribution in [0.15, 0.2) is 0 Å². The molecule has 0 bridgehead atoms. The molecule has 0 aromatic rings. The minimum absolute atomic E-state index is 0.0379. The molecule has 4 nitrogen and oxygen atoms in total. The van der Waals surface area contributed by atoms with Crippen LogP contribution in [0.2, 0.25) is 0 Å². The molecule has 3 atom stereocenters. The summed E-state index contributed by atoms with van der Waals surface area (Å²) in [5.74, 6) is 0.108. The van der Waals surface area contributed by atoms with Gasteiger partial charge in [0, 0.05) is 12.6 Å². The first-order chi connectivity index (χ1) is 6.43. The lowest BCUT2D eigenvalue weighted by molar-refractivity contribution is -0.134. The second kappa shape index (κ2) is 4.28. The minimum Gasteiger partial charge on any atom is -0.391 e. The normalized spacial score (nSPS) is 29.7. The molecule has 0 aromatic heterocycles. The maximum atomic E-state index is 11.8. The van der Waals surface area contributed by atoms with Crippen molar-refractivity contribution in [3.8, 4) is 0 Å². The monoisotopic (exact) mass is 200 g/mol. The molecule has 14 heavy (non-hydrogen) atoms. The van der Waals surface area contributed by atoms with Gasteiger partial charge in [0.2, 0.25) is 5.91 Å². The lowest BCUT2D eigenvalue weighted by atomic mass is 10.0. The van der Waals surface area contributed by atoms with Crippen LogP contribution in [0.1, 0.15) is 27.2 Å². The second-order valence-electron chi connectivity index (χ2n) is 4.50. The number of carbonyl (C=O) groups is 1. The van der Waals surface area contributed by atoms with Crippen molar-refractivity contribution in [1.82, 2.24) is 4.90 Å². The minimum atomic E-state index is -0.442. The summed E-state index contributed by atoms with van der Waals surface area (Å²) in [6, 6.07) is -0.329. The zero-order valence-corrected chi connectivity index (χ0v) is 9.10. The summed E-state index contributed by atoms with van der Waals surface area (Å²) >= 11 is 0. The number of carbonyl (C=O) groups excluding carboxylic acids is 1. The molecule has 2 unspecified atom stereocenters. The Kier molecular flexibility index (Phi) is 3.50. The third-order valence-electron chi connectivity index (χ3n) is 2.84. The molecule has 3 N–H and O–H groups in total. The van der Waals surface area contributed by atoms with Gasteiger partial charge in [0.05, 0.1) is 12.1 Å². The van der Waals surface area contributed by atoms with Gasteiger partial charge in [-0.05, 0) is 19.3 Å². The smallest absolute Gasteiger partial charge is 0.240 e. The van der Waals surface area contributed by atoms with Crippen molar-refractivity contribution in [1.29, 1.82) is 0 Å². The van der Waals surface area contributed by atoms with Crippen molar-refractivity contribution in [2.45, 2.75) is 45.4 Å². The number of nitrogens with two attached hydrogens (primary N) is 1. The number of aliphatic hydroxyl groups excluding tert-OH is 1.